The van der Waals surface area contributed by atoms with E-state index in [1.807, 2.05) is 27.7 Å². The highest BCUT2D eigenvalue weighted by molar-refractivity contribution is 4.53. The molecular formula is C30H64. The first-order valence-corrected chi connectivity index (χ1v) is 15.0. The minimum Gasteiger partial charge on any atom is -0.0683 e. The number of hydrogen-bond donors (Lipinski definition) is 0. The Morgan fingerprint density at radius 3 is 0.167 bits per heavy atom. The lowest BCUT2D eigenvalue weighted by molar-refractivity contribution is 0.504. The molecule has 0 radical (unpaired) electrons. The van der Waals surface area contributed by atoms with Gasteiger partial charge in [0.25, 0.3) is 0 Å². The maximum absolute atomic E-state index is 2.00. The zero-order valence-electron chi connectivity index (χ0n) is 22.4. The Morgan fingerprint density at radius 1 is 0.133 bits per heavy atom. The highest BCUT2D eigenvalue weighted by Gasteiger charge is 1.97. The van der Waals surface area contributed by atoms with Gasteiger partial charge in [-0.15, -0.1) is 0 Å². The van der Waals surface area contributed by atoms with Crippen LogP contribution in [0, 0.1) is 0 Å². The van der Waals surface area contributed by atoms with Gasteiger partial charge in [0.15, 0.2) is 0 Å². The van der Waals surface area contributed by atoms with Crippen LogP contribution in [0.25, 0.3) is 0 Å². The van der Waals surface area contributed by atoms with E-state index in [0.717, 1.165) is 0 Å². The minimum absolute atomic E-state index is 1.50. The standard InChI is InChI=1S/5C4H8.2C3H6.2C2H6/c5*1-2-4-3-1;2*1-2-3-1;2*1-2/h5*1-4H2;2*1-3H2;2*1-2H3. The maximum Gasteiger partial charge on any atom is -0.0533 e. The van der Waals surface area contributed by atoms with Gasteiger partial charge in [-0.2, -0.15) is 0 Å². The van der Waals surface area contributed by atoms with Crippen molar-refractivity contribution in [2.24, 2.45) is 0 Å². The van der Waals surface area contributed by atoms with E-state index in [9.17, 15) is 0 Å². The summed E-state index contributed by atoms with van der Waals surface area (Å²) >= 11 is 0. The fourth-order valence-corrected chi connectivity index (χ4v) is 1.25. The normalized spacial score (nSPS) is 21.2. The molecule has 0 aromatic rings. The first-order valence-electron chi connectivity index (χ1n) is 15.0. The van der Waals surface area contributed by atoms with Gasteiger partial charge in [0.05, 0.1) is 0 Å². The second kappa shape index (κ2) is 33.6. The molecule has 30 heavy (non-hydrogen) atoms. The highest BCUT2D eigenvalue weighted by atomic mass is 14.0. The minimum atomic E-state index is 1.50. The second-order valence-electron chi connectivity index (χ2n) is 9.19. The van der Waals surface area contributed by atoms with E-state index in [-0.39, 0.29) is 0 Å². The van der Waals surface area contributed by atoms with Gasteiger partial charge in [-0.05, 0) is 0 Å². The molecule has 0 aliphatic heterocycles. The van der Waals surface area contributed by atoms with Crippen LogP contribution in [0.4, 0.5) is 0 Å². The van der Waals surface area contributed by atoms with Gasteiger partial charge in [-0.25, -0.2) is 0 Å². The van der Waals surface area contributed by atoms with Crippen LogP contribution < -0.4 is 0 Å². The largest absolute Gasteiger partial charge is 0.0683 e. The van der Waals surface area contributed by atoms with Gasteiger partial charge in [-0.3, -0.25) is 0 Å². The predicted molar refractivity (Wildman–Crippen MR) is 143 cm³/mol. The molecule has 7 fully saturated rings. The van der Waals surface area contributed by atoms with Crippen LogP contribution in [-0.4, -0.2) is 0 Å². The van der Waals surface area contributed by atoms with E-state index >= 15 is 0 Å². The van der Waals surface area contributed by atoms with E-state index in [1.54, 1.807) is 0 Å². The van der Waals surface area contributed by atoms with E-state index in [2.05, 4.69) is 0 Å². The number of hydrogen-bond acceptors (Lipinski definition) is 0. The van der Waals surface area contributed by atoms with Gasteiger partial charge >= 0.3 is 0 Å². The molecule has 0 atom stereocenters. The monoisotopic (exact) mass is 425 g/mol. The zero-order valence-corrected chi connectivity index (χ0v) is 22.4. The molecule has 0 unspecified atom stereocenters. The Hall–Kier alpha value is 0. The van der Waals surface area contributed by atoms with E-state index in [4.69, 9.17) is 0 Å². The first-order chi connectivity index (χ1) is 15.0. The van der Waals surface area contributed by atoms with E-state index < -0.39 is 0 Å². The third-order valence-electron chi connectivity index (χ3n) is 5.71. The molecule has 0 saturated heterocycles. The Labute approximate surface area is 194 Å². The van der Waals surface area contributed by atoms with Crippen molar-refractivity contribution in [3.05, 3.63) is 0 Å². The molecule has 0 bridgehead atoms. The summed E-state index contributed by atoms with van der Waals surface area (Å²) in [4.78, 5) is 0. The molecule has 184 valence electrons. The van der Waals surface area contributed by atoms with Crippen molar-refractivity contribution in [3.8, 4) is 0 Å². The predicted octanol–water partition coefficient (Wildman–Crippen LogP) is 12.2. The van der Waals surface area contributed by atoms with Crippen molar-refractivity contribution in [1.82, 2.24) is 0 Å². The molecule has 7 saturated carbocycles. The lowest BCUT2D eigenvalue weighted by atomic mass is 10.0. The molecule has 0 N–H and O–H groups in total. The topological polar surface area (TPSA) is 0 Å². The van der Waals surface area contributed by atoms with Gasteiger partial charge in [-0.1, -0.05) is 195 Å². The quantitative estimate of drug-likeness (QED) is 0.362. The van der Waals surface area contributed by atoms with Crippen LogP contribution in [-0.2, 0) is 0 Å². The third kappa shape index (κ3) is 42.2. The molecule has 7 aliphatic rings. The van der Waals surface area contributed by atoms with Gasteiger partial charge in [0.1, 0.15) is 0 Å². The fraction of sp³-hybridized carbons (Fsp3) is 1.00. The SMILES string of the molecule is C1CC1.C1CC1.C1CCC1.C1CCC1.C1CCC1.C1CCC1.C1CCC1.CC.CC. The molecular weight excluding hydrogens is 360 g/mol. The highest BCUT2D eigenvalue weighted by Crippen LogP contribution is 2.17. The fourth-order valence-electron chi connectivity index (χ4n) is 1.25. The molecule has 0 spiro atoms. The van der Waals surface area contributed by atoms with Crippen LogP contribution in [0.15, 0.2) is 0 Å². The van der Waals surface area contributed by atoms with Crippen LogP contribution in [0.1, 0.15) is 195 Å². The summed E-state index contributed by atoms with van der Waals surface area (Å²) < 4.78 is 0. The van der Waals surface area contributed by atoms with Crippen molar-refractivity contribution in [1.29, 1.82) is 0 Å². The van der Waals surface area contributed by atoms with Crippen LogP contribution in [0.3, 0.4) is 0 Å². The van der Waals surface area contributed by atoms with Crippen molar-refractivity contribution in [3.63, 3.8) is 0 Å². The van der Waals surface area contributed by atoms with Crippen LogP contribution in [0.5, 0.6) is 0 Å². The van der Waals surface area contributed by atoms with Crippen molar-refractivity contribution >= 4 is 0 Å². The Balaban J connectivity index is 0. The summed E-state index contributed by atoms with van der Waals surface area (Å²) in [5, 5.41) is 0. The summed E-state index contributed by atoms with van der Waals surface area (Å²) in [6.45, 7) is 8.00. The van der Waals surface area contributed by atoms with Crippen molar-refractivity contribution in [2.75, 3.05) is 0 Å². The summed E-state index contributed by atoms with van der Waals surface area (Å²) in [5.74, 6) is 0. The Kier molecular flexibility index (Phi) is 36.1. The van der Waals surface area contributed by atoms with Crippen LogP contribution in [0.2, 0.25) is 0 Å². The molecule has 0 aromatic heterocycles. The maximum atomic E-state index is 2.00. The lowest BCUT2D eigenvalue weighted by Crippen LogP contribution is -1.85. The molecule has 0 nitrogen and oxygen atoms in total. The summed E-state index contributed by atoms with van der Waals surface area (Å²) in [6.07, 6.45) is 39.0. The van der Waals surface area contributed by atoms with Gasteiger partial charge < -0.3 is 0 Å². The van der Waals surface area contributed by atoms with E-state index in [0.29, 0.717) is 0 Å². The van der Waals surface area contributed by atoms with Crippen molar-refractivity contribution in [2.45, 2.75) is 195 Å². The lowest BCUT2D eigenvalue weighted by Gasteiger charge is -2.05. The molecule has 7 rings (SSSR count). The Bertz CT molecular complexity index is 142. The van der Waals surface area contributed by atoms with Gasteiger partial charge in [0.2, 0.25) is 0 Å². The molecule has 0 heteroatoms. The molecule has 7 aliphatic carbocycles. The van der Waals surface area contributed by atoms with Gasteiger partial charge in [0, 0.05) is 0 Å². The Morgan fingerprint density at radius 2 is 0.167 bits per heavy atom. The number of rotatable bonds is 0. The summed E-state index contributed by atoms with van der Waals surface area (Å²) in [6, 6.07) is 0. The van der Waals surface area contributed by atoms with E-state index in [1.165, 1.54) is 167 Å². The molecule has 0 aromatic carbocycles. The molecule has 0 amide bonds. The average molecular weight is 425 g/mol. The zero-order chi connectivity index (χ0) is 22.4. The summed E-state index contributed by atoms with van der Waals surface area (Å²) in [5.41, 5.74) is 0. The molecule has 0 heterocycles. The first kappa shape index (κ1) is 32.2. The summed E-state index contributed by atoms with van der Waals surface area (Å²) in [7, 11) is 0. The van der Waals surface area contributed by atoms with Crippen LogP contribution >= 0.6 is 0 Å². The third-order valence-corrected chi connectivity index (χ3v) is 5.71. The average Bonchev–Trinajstić information content (AvgIpc) is 3.37. The van der Waals surface area contributed by atoms with Crippen molar-refractivity contribution < 1.29 is 0 Å². The smallest absolute Gasteiger partial charge is 0.0533 e. The second-order valence-corrected chi connectivity index (χ2v) is 9.19.